The van der Waals surface area contributed by atoms with Gasteiger partial charge in [-0.25, -0.2) is 0 Å². The number of para-hydroxylation sites is 3. The first-order valence-electron chi connectivity index (χ1n) is 13.1. The molecule has 0 fully saturated rings. The Bertz CT molecular complexity index is 2390. The first-order valence-corrected chi connectivity index (χ1v) is 14.0. The van der Waals surface area contributed by atoms with E-state index >= 15 is 0 Å². The Hall–Kier alpha value is -4.93. The Kier molecular flexibility index (Phi) is 4.21. The van der Waals surface area contributed by atoms with Crippen LogP contribution in [0.3, 0.4) is 0 Å². The Labute approximate surface area is 227 Å². The quantitative estimate of drug-likeness (QED) is 0.225. The fourth-order valence-corrected chi connectivity index (χ4v) is 7.64. The summed E-state index contributed by atoms with van der Waals surface area (Å²) in [5.74, 6) is 0. The van der Waals surface area contributed by atoms with Crippen molar-refractivity contribution in [3.05, 3.63) is 128 Å². The molecule has 0 aliphatic carbocycles. The molecule has 3 nitrogen and oxygen atoms in total. The second-order valence-electron chi connectivity index (χ2n) is 10.0. The molecular weight excluding hydrogens is 494 g/mol. The van der Waals surface area contributed by atoms with E-state index in [1.165, 1.54) is 58.6 Å². The van der Waals surface area contributed by atoms with E-state index in [1.54, 1.807) is 0 Å². The number of nitrogens with zero attached hydrogens (tertiary/aromatic N) is 3. The first kappa shape index (κ1) is 21.1. The summed E-state index contributed by atoms with van der Waals surface area (Å²) in [5.41, 5.74) is 7.14. The predicted molar refractivity (Wildman–Crippen MR) is 166 cm³/mol. The zero-order valence-corrected chi connectivity index (χ0v) is 21.7. The molecule has 0 saturated heterocycles. The van der Waals surface area contributed by atoms with Crippen molar-refractivity contribution in [2.75, 3.05) is 0 Å². The Morgan fingerprint density at radius 1 is 0.487 bits per heavy atom. The van der Waals surface area contributed by atoms with Crippen LogP contribution in [-0.4, -0.2) is 14.1 Å². The second-order valence-corrected chi connectivity index (χ2v) is 11.1. The number of rotatable bonds is 2. The van der Waals surface area contributed by atoms with Gasteiger partial charge in [-0.15, -0.1) is 11.3 Å². The zero-order chi connectivity index (χ0) is 25.5. The van der Waals surface area contributed by atoms with Gasteiger partial charge < -0.3 is 9.13 Å². The molecule has 0 amide bonds. The summed E-state index contributed by atoms with van der Waals surface area (Å²) in [5, 5.41) is 7.55. The molecule has 39 heavy (non-hydrogen) atoms. The van der Waals surface area contributed by atoms with Crippen LogP contribution in [0.2, 0.25) is 0 Å². The monoisotopic (exact) mass is 515 g/mol. The van der Waals surface area contributed by atoms with Gasteiger partial charge in [0.15, 0.2) is 0 Å². The van der Waals surface area contributed by atoms with E-state index in [-0.39, 0.29) is 0 Å². The smallest absolute Gasteiger partial charge is 0.0783 e. The van der Waals surface area contributed by atoms with Crippen LogP contribution in [-0.2, 0) is 0 Å². The van der Waals surface area contributed by atoms with Crippen LogP contribution < -0.4 is 0 Å². The molecular formula is C35H21N3S. The lowest BCUT2D eigenvalue weighted by Gasteiger charge is -2.14. The number of fused-ring (bicyclic) bond motifs is 10. The molecule has 0 saturated carbocycles. The van der Waals surface area contributed by atoms with Crippen molar-refractivity contribution in [2.24, 2.45) is 0 Å². The summed E-state index contributed by atoms with van der Waals surface area (Å²) in [6, 6.07) is 41.7. The van der Waals surface area contributed by atoms with E-state index in [4.69, 9.17) is 0 Å². The highest BCUT2D eigenvalue weighted by atomic mass is 32.1. The molecule has 0 unspecified atom stereocenters. The lowest BCUT2D eigenvalue weighted by Crippen LogP contribution is -2.00. The minimum absolute atomic E-state index is 1.14. The van der Waals surface area contributed by atoms with Gasteiger partial charge in [0.05, 0.1) is 32.5 Å². The number of thiophene rings is 1. The molecule has 0 atom stereocenters. The van der Waals surface area contributed by atoms with Crippen LogP contribution in [0.25, 0.3) is 75.2 Å². The molecule has 0 spiro atoms. The molecule has 0 radical (unpaired) electrons. The normalized spacial score (nSPS) is 12.1. The molecule has 4 heterocycles. The van der Waals surface area contributed by atoms with Gasteiger partial charge in [-0.2, -0.15) is 0 Å². The molecule has 9 aromatic rings. The van der Waals surface area contributed by atoms with Crippen molar-refractivity contribution in [1.29, 1.82) is 0 Å². The number of hydrogen-bond acceptors (Lipinski definition) is 2. The van der Waals surface area contributed by atoms with Gasteiger partial charge in [0, 0.05) is 55.1 Å². The van der Waals surface area contributed by atoms with Crippen molar-refractivity contribution in [2.45, 2.75) is 0 Å². The van der Waals surface area contributed by atoms with Gasteiger partial charge in [0.2, 0.25) is 0 Å². The van der Waals surface area contributed by atoms with Crippen LogP contribution in [0.5, 0.6) is 0 Å². The highest BCUT2D eigenvalue weighted by Gasteiger charge is 2.22. The van der Waals surface area contributed by atoms with Gasteiger partial charge in [-0.1, -0.05) is 78.9 Å². The summed E-state index contributed by atoms with van der Waals surface area (Å²) in [6.07, 6.45) is 3.89. The van der Waals surface area contributed by atoms with Crippen LogP contribution in [0.4, 0.5) is 0 Å². The van der Waals surface area contributed by atoms with Gasteiger partial charge >= 0.3 is 0 Å². The number of hydrogen-bond donors (Lipinski definition) is 0. The minimum Gasteiger partial charge on any atom is -0.307 e. The highest BCUT2D eigenvalue weighted by Crippen LogP contribution is 2.44. The van der Waals surface area contributed by atoms with E-state index in [2.05, 4.69) is 129 Å². The molecule has 0 aliphatic heterocycles. The van der Waals surface area contributed by atoms with E-state index in [0.717, 1.165) is 16.6 Å². The molecule has 0 N–H and O–H groups in total. The molecule has 5 aromatic carbocycles. The number of benzene rings is 5. The van der Waals surface area contributed by atoms with E-state index < -0.39 is 0 Å². The third kappa shape index (κ3) is 2.78. The van der Waals surface area contributed by atoms with E-state index in [0.29, 0.717) is 0 Å². The Morgan fingerprint density at radius 2 is 1.21 bits per heavy atom. The van der Waals surface area contributed by atoms with Gasteiger partial charge in [-0.3, -0.25) is 4.98 Å². The Balaban J connectivity index is 1.54. The average molecular weight is 516 g/mol. The predicted octanol–water partition coefficient (Wildman–Crippen LogP) is 9.64. The van der Waals surface area contributed by atoms with Crippen LogP contribution >= 0.6 is 11.3 Å². The molecule has 0 bridgehead atoms. The first-order chi connectivity index (χ1) is 19.4. The number of pyridine rings is 1. The van der Waals surface area contributed by atoms with Gasteiger partial charge in [0.25, 0.3) is 0 Å². The van der Waals surface area contributed by atoms with Crippen LogP contribution in [0, 0.1) is 0 Å². The lowest BCUT2D eigenvalue weighted by atomic mass is 10.1. The Morgan fingerprint density at radius 3 is 2.13 bits per heavy atom. The highest BCUT2D eigenvalue weighted by molar-refractivity contribution is 7.26. The standard InChI is InChI=1S/C35H21N3S/c1-2-9-22(10-3-1)37-30-19-20-36-21-28(30)25-13-8-15-31(33(25)37)38-29-14-6-4-11-23(29)26-17-18-27-24-12-5-7-16-32(24)39-35(27)34(26)38/h1-21H. The van der Waals surface area contributed by atoms with Gasteiger partial charge in [0.1, 0.15) is 0 Å². The maximum atomic E-state index is 4.51. The molecule has 4 heteroatoms. The van der Waals surface area contributed by atoms with Crippen molar-refractivity contribution in [3.63, 3.8) is 0 Å². The maximum absolute atomic E-state index is 4.51. The maximum Gasteiger partial charge on any atom is 0.0783 e. The summed E-state index contributed by atoms with van der Waals surface area (Å²) in [4.78, 5) is 4.51. The summed E-state index contributed by atoms with van der Waals surface area (Å²) in [7, 11) is 0. The largest absolute Gasteiger partial charge is 0.307 e. The summed E-state index contributed by atoms with van der Waals surface area (Å²) >= 11 is 1.89. The van der Waals surface area contributed by atoms with Crippen LogP contribution in [0.1, 0.15) is 0 Å². The second kappa shape index (κ2) is 7.79. The fourth-order valence-electron chi connectivity index (χ4n) is 6.40. The topological polar surface area (TPSA) is 22.8 Å². The van der Waals surface area contributed by atoms with E-state index in [1.807, 2.05) is 23.7 Å². The molecule has 182 valence electrons. The van der Waals surface area contributed by atoms with Crippen molar-refractivity contribution in [3.8, 4) is 11.4 Å². The molecule has 0 aliphatic rings. The summed E-state index contributed by atoms with van der Waals surface area (Å²) in [6.45, 7) is 0. The fraction of sp³-hybridized carbons (Fsp3) is 0. The third-order valence-corrected chi connectivity index (χ3v) is 9.20. The third-order valence-electron chi connectivity index (χ3n) is 8.00. The summed E-state index contributed by atoms with van der Waals surface area (Å²) < 4.78 is 7.54. The lowest BCUT2D eigenvalue weighted by molar-refractivity contribution is 1.13. The SMILES string of the molecule is c1ccc(-n2c3ccncc3c3cccc(-n4c5ccccc5c5ccc6c7ccccc7sc6c54)c32)cc1. The average Bonchev–Trinajstić information content (AvgIpc) is 3.65. The van der Waals surface area contributed by atoms with Crippen molar-refractivity contribution >= 4 is 75.1 Å². The molecule has 9 rings (SSSR count). The van der Waals surface area contributed by atoms with Crippen molar-refractivity contribution in [1.82, 2.24) is 14.1 Å². The minimum atomic E-state index is 1.14. The van der Waals surface area contributed by atoms with Gasteiger partial charge in [-0.05, 0) is 36.4 Å². The molecule has 4 aromatic heterocycles. The zero-order valence-electron chi connectivity index (χ0n) is 20.9. The van der Waals surface area contributed by atoms with E-state index in [9.17, 15) is 0 Å². The van der Waals surface area contributed by atoms with Crippen molar-refractivity contribution < 1.29 is 0 Å². The number of aromatic nitrogens is 3. The van der Waals surface area contributed by atoms with Crippen LogP contribution in [0.15, 0.2) is 128 Å².